The van der Waals surface area contributed by atoms with Crippen molar-refractivity contribution in [3.63, 3.8) is 0 Å². The molecule has 0 aromatic heterocycles. The Morgan fingerprint density at radius 3 is 2.53 bits per heavy atom. The van der Waals surface area contributed by atoms with Crippen LogP contribution in [0.1, 0.15) is 44.6 Å². The molecule has 0 fully saturated rings. The van der Waals surface area contributed by atoms with Crippen molar-refractivity contribution >= 4 is 5.91 Å². The molecule has 0 aliphatic rings. The Labute approximate surface area is 116 Å². The van der Waals surface area contributed by atoms with Crippen molar-refractivity contribution < 1.29 is 9.90 Å². The molecule has 0 saturated carbocycles. The van der Waals surface area contributed by atoms with Crippen LogP contribution in [-0.4, -0.2) is 24.2 Å². The molecule has 2 N–H and O–H groups in total. The van der Waals surface area contributed by atoms with E-state index in [0.29, 0.717) is 12.5 Å². The summed E-state index contributed by atoms with van der Waals surface area (Å²) in [6.07, 6.45) is 2.58. The fraction of sp³-hybridized carbons (Fsp3) is 0.562. The average molecular weight is 263 g/mol. The fourth-order valence-electron chi connectivity index (χ4n) is 2.14. The number of rotatable bonds is 8. The van der Waals surface area contributed by atoms with Gasteiger partial charge in [0.25, 0.3) is 0 Å². The molecule has 0 aliphatic heterocycles. The van der Waals surface area contributed by atoms with Gasteiger partial charge in [-0.05, 0) is 24.3 Å². The fourth-order valence-corrected chi connectivity index (χ4v) is 2.14. The maximum Gasteiger partial charge on any atom is 0.227 e. The zero-order chi connectivity index (χ0) is 14.1. The van der Waals surface area contributed by atoms with Gasteiger partial charge >= 0.3 is 0 Å². The first-order valence-corrected chi connectivity index (χ1v) is 7.12. The third-order valence-corrected chi connectivity index (χ3v) is 3.34. The summed E-state index contributed by atoms with van der Waals surface area (Å²) in [5.41, 5.74) is 1.08. The van der Waals surface area contributed by atoms with Gasteiger partial charge in [0, 0.05) is 13.2 Å². The zero-order valence-corrected chi connectivity index (χ0v) is 11.9. The molecule has 0 saturated heterocycles. The number of benzene rings is 1. The van der Waals surface area contributed by atoms with Crippen molar-refractivity contribution in [3.8, 4) is 0 Å². The number of aliphatic hydroxyl groups excluding tert-OH is 1. The number of hydrogen-bond donors (Lipinski definition) is 2. The molecule has 1 aromatic rings. The first kappa shape index (κ1) is 15.7. The van der Waals surface area contributed by atoms with E-state index in [4.69, 9.17) is 5.11 Å². The van der Waals surface area contributed by atoms with Crippen LogP contribution in [-0.2, 0) is 4.79 Å². The summed E-state index contributed by atoms with van der Waals surface area (Å²) in [7, 11) is 0. The molecule has 2 atom stereocenters. The van der Waals surface area contributed by atoms with E-state index in [-0.39, 0.29) is 18.4 Å². The summed E-state index contributed by atoms with van der Waals surface area (Å²) < 4.78 is 0. The van der Waals surface area contributed by atoms with Gasteiger partial charge < -0.3 is 10.4 Å². The SMILES string of the molecule is CCCC(C(=O)NCC(C)CCO)c1ccccc1. The van der Waals surface area contributed by atoms with Gasteiger partial charge in [-0.1, -0.05) is 50.6 Å². The predicted molar refractivity (Wildman–Crippen MR) is 78.0 cm³/mol. The van der Waals surface area contributed by atoms with Gasteiger partial charge in [-0.25, -0.2) is 0 Å². The number of hydrogen-bond acceptors (Lipinski definition) is 2. The highest BCUT2D eigenvalue weighted by atomic mass is 16.3. The number of carbonyl (C=O) groups excluding carboxylic acids is 1. The standard InChI is InChI=1S/C16H25NO2/c1-3-7-15(14-8-5-4-6-9-14)16(19)17-12-13(2)10-11-18/h4-6,8-9,13,15,18H,3,7,10-12H2,1-2H3,(H,17,19). The largest absolute Gasteiger partial charge is 0.396 e. The van der Waals surface area contributed by atoms with Crippen molar-refractivity contribution in [2.24, 2.45) is 5.92 Å². The smallest absolute Gasteiger partial charge is 0.227 e. The number of aliphatic hydroxyl groups is 1. The molecule has 1 aromatic carbocycles. The number of nitrogens with one attached hydrogen (secondary N) is 1. The van der Waals surface area contributed by atoms with Gasteiger partial charge in [-0.2, -0.15) is 0 Å². The Kier molecular flexibility index (Phi) is 7.19. The molecule has 3 nitrogen and oxygen atoms in total. The summed E-state index contributed by atoms with van der Waals surface area (Å²) in [6, 6.07) is 9.93. The second kappa shape index (κ2) is 8.70. The van der Waals surface area contributed by atoms with E-state index in [9.17, 15) is 4.79 Å². The summed E-state index contributed by atoms with van der Waals surface area (Å²) in [5, 5.41) is 11.9. The molecular weight excluding hydrogens is 238 g/mol. The topological polar surface area (TPSA) is 49.3 Å². The molecule has 2 unspecified atom stereocenters. The minimum Gasteiger partial charge on any atom is -0.396 e. The lowest BCUT2D eigenvalue weighted by Crippen LogP contribution is -2.33. The lowest BCUT2D eigenvalue weighted by Gasteiger charge is -2.18. The molecule has 1 amide bonds. The van der Waals surface area contributed by atoms with Crippen molar-refractivity contribution in [1.82, 2.24) is 5.32 Å². The van der Waals surface area contributed by atoms with E-state index >= 15 is 0 Å². The van der Waals surface area contributed by atoms with Crippen molar-refractivity contribution in [1.29, 1.82) is 0 Å². The highest BCUT2D eigenvalue weighted by molar-refractivity contribution is 5.83. The van der Waals surface area contributed by atoms with Gasteiger partial charge in [0.05, 0.1) is 5.92 Å². The summed E-state index contributed by atoms with van der Waals surface area (Å²) >= 11 is 0. The third-order valence-electron chi connectivity index (χ3n) is 3.34. The lowest BCUT2D eigenvalue weighted by molar-refractivity contribution is -0.122. The third kappa shape index (κ3) is 5.43. The minimum atomic E-state index is -0.0625. The normalized spacial score (nSPS) is 13.8. The Hall–Kier alpha value is -1.35. The van der Waals surface area contributed by atoms with Gasteiger partial charge in [0.15, 0.2) is 0 Å². The molecule has 3 heteroatoms. The Balaban J connectivity index is 2.59. The minimum absolute atomic E-state index is 0.0625. The van der Waals surface area contributed by atoms with E-state index in [1.54, 1.807) is 0 Å². The van der Waals surface area contributed by atoms with Crippen LogP contribution >= 0.6 is 0 Å². The maximum atomic E-state index is 12.3. The molecule has 1 rings (SSSR count). The van der Waals surface area contributed by atoms with Crippen molar-refractivity contribution in [2.75, 3.05) is 13.2 Å². The van der Waals surface area contributed by atoms with E-state index in [2.05, 4.69) is 12.2 Å². The Bertz CT molecular complexity index is 364. The second-order valence-corrected chi connectivity index (χ2v) is 5.11. The van der Waals surface area contributed by atoms with Crippen LogP contribution < -0.4 is 5.32 Å². The van der Waals surface area contributed by atoms with Gasteiger partial charge in [0.1, 0.15) is 0 Å². The Morgan fingerprint density at radius 2 is 1.95 bits per heavy atom. The molecule has 0 spiro atoms. The zero-order valence-electron chi connectivity index (χ0n) is 11.9. The number of amides is 1. The first-order chi connectivity index (χ1) is 9.19. The van der Waals surface area contributed by atoms with Gasteiger partial charge in [-0.15, -0.1) is 0 Å². The van der Waals surface area contributed by atoms with Crippen molar-refractivity contribution in [2.45, 2.75) is 39.0 Å². The molecule has 0 radical (unpaired) electrons. The monoisotopic (exact) mass is 263 g/mol. The molecule has 0 heterocycles. The van der Waals surface area contributed by atoms with Gasteiger partial charge in [-0.3, -0.25) is 4.79 Å². The van der Waals surface area contributed by atoms with Crippen LogP contribution in [0.3, 0.4) is 0 Å². The van der Waals surface area contributed by atoms with E-state index in [1.165, 1.54) is 0 Å². The summed E-state index contributed by atoms with van der Waals surface area (Å²) in [6.45, 7) is 4.94. The molecular formula is C16H25NO2. The molecule has 0 bridgehead atoms. The second-order valence-electron chi connectivity index (χ2n) is 5.11. The quantitative estimate of drug-likeness (QED) is 0.757. The van der Waals surface area contributed by atoms with E-state index in [1.807, 2.05) is 37.3 Å². The van der Waals surface area contributed by atoms with Crippen molar-refractivity contribution in [3.05, 3.63) is 35.9 Å². The van der Waals surface area contributed by atoms with Crippen LogP contribution in [0.25, 0.3) is 0 Å². The van der Waals surface area contributed by atoms with Crippen LogP contribution in [0.5, 0.6) is 0 Å². The molecule has 106 valence electrons. The molecule has 19 heavy (non-hydrogen) atoms. The maximum absolute atomic E-state index is 12.3. The predicted octanol–water partition coefficient (Wildman–Crippen LogP) is 2.71. The lowest BCUT2D eigenvalue weighted by atomic mass is 9.93. The highest BCUT2D eigenvalue weighted by Gasteiger charge is 2.19. The first-order valence-electron chi connectivity index (χ1n) is 7.12. The van der Waals surface area contributed by atoms with E-state index < -0.39 is 0 Å². The van der Waals surface area contributed by atoms with Crippen LogP contribution in [0.2, 0.25) is 0 Å². The summed E-state index contributed by atoms with van der Waals surface area (Å²) in [5.74, 6) is 0.345. The summed E-state index contributed by atoms with van der Waals surface area (Å²) in [4.78, 5) is 12.3. The highest BCUT2D eigenvalue weighted by Crippen LogP contribution is 2.21. The van der Waals surface area contributed by atoms with Gasteiger partial charge in [0.2, 0.25) is 5.91 Å². The average Bonchev–Trinajstić information content (AvgIpc) is 2.43. The Morgan fingerprint density at radius 1 is 1.26 bits per heavy atom. The molecule has 0 aliphatic carbocycles. The van der Waals surface area contributed by atoms with Crippen LogP contribution in [0.4, 0.5) is 0 Å². The van der Waals surface area contributed by atoms with E-state index in [0.717, 1.165) is 24.8 Å². The van der Waals surface area contributed by atoms with Crippen LogP contribution in [0, 0.1) is 5.92 Å². The number of carbonyl (C=O) groups is 1. The van der Waals surface area contributed by atoms with Crippen LogP contribution in [0.15, 0.2) is 30.3 Å².